The Kier molecular flexibility index (Phi) is 5.23. The molecule has 0 aromatic heterocycles. The molecule has 2 heterocycles. The fourth-order valence-electron chi connectivity index (χ4n) is 3.87. The topological polar surface area (TPSA) is 79.0 Å². The summed E-state index contributed by atoms with van der Waals surface area (Å²) in [5, 5.41) is 2.78. The largest absolute Gasteiger partial charge is 0.492 e. The van der Waals surface area contributed by atoms with Gasteiger partial charge in [-0.05, 0) is 49.7 Å². The highest BCUT2D eigenvalue weighted by Crippen LogP contribution is 2.35. The fraction of sp³-hybridized carbons (Fsp3) is 0.381. The van der Waals surface area contributed by atoms with Crippen LogP contribution in [0.3, 0.4) is 0 Å². The van der Waals surface area contributed by atoms with Crippen LogP contribution in [-0.2, 0) is 14.8 Å². The van der Waals surface area contributed by atoms with Gasteiger partial charge < -0.3 is 15.0 Å². The van der Waals surface area contributed by atoms with E-state index in [2.05, 4.69) is 10.2 Å². The molecule has 1 fully saturated rings. The summed E-state index contributed by atoms with van der Waals surface area (Å²) in [6.07, 6.45) is 0. The lowest BCUT2D eigenvalue weighted by atomic mass is 10.0. The van der Waals surface area contributed by atoms with E-state index >= 15 is 0 Å². The summed E-state index contributed by atoms with van der Waals surface area (Å²) in [4.78, 5) is 14.2. The van der Waals surface area contributed by atoms with Crippen LogP contribution in [0.15, 0.2) is 47.4 Å². The molecule has 0 saturated carbocycles. The second-order valence-corrected chi connectivity index (χ2v) is 9.19. The van der Waals surface area contributed by atoms with Crippen LogP contribution >= 0.6 is 0 Å². The van der Waals surface area contributed by atoms with E-state index in [-0.39, 0.29) is 16.7 Å². The third-order valence-corrected chi connectivity index (χ3v) is 7.42. The Morgan fingerprint density at radius 2 is 1.83 bits per heavy atom. The highest BCUT2D eigenvalue weighted by Gasteiger charge is 2.32. The molecule has 7 nitrogen and oxygen atoms in total. The Bertz CT molecular complexity index is 1030. The molecule has 1 saturated heterocycles. The van der Waals surface area contributed by atoms with Crippen LogP contribution in [0.1, 0.15) is 25.3 Å². The zero-order valence-corrected chi connectivity index (χ0v) is 17.4. The second-order valence-electron chi connectivity index (χ2n) is 7.25. The van der Waals surface area contributed by atoms with Crippen molar-refractivity contribution in [2.75, 3.05) is 43.0 Å². The summed E-state index contributed by atoms with van der Waals surface area (Å²) in [6, 6.07) is 12.7. The van der Waals surface area contributed by atoms with Crippen LogP contribution in [-0.4, -0.2) is 51.4 Å². The molecule has 29 heavy (non-hydrogen) atoms. The first-order chi connectivity index (χ1) is 13.9. The average molecular weight is 416 g/mol. The molecule has 0 aliphatic carbocycles. The number of rotatable bonds is 5. The van der Waals surface area contributed by atoms with Gasteiger partial charge in [-0.3, -0.25) is 4.79 Å². The van der Waals surface area contributed by atoms with Crippen LogP contribution < -0.4 is 15.0 Å². The summed E-state index contributed by atoms with van der Waals surface area (Å²) in [5.74, 6) is 0.374. The van der Waals surface area contributed by atoms with E-state index in [1.807, 2.05) is 31.2 Å². The van der Waals surface area contributed by atoms with Gasteiger partial charge in [0.1, 0.15) is 5.75 Å². The highest BCUT2D eigenvalue weighted by atomic mass is 32.2. The quantitative estimate of drug-likeness (QED) is 0.812. The number of amides is 1. The summed E-state index contributed by atoms with van der Waals surface area (Å²) in [7, 11) is -3.61. The zero-order chi connectivity index (χ0) is 20.6. The number of ether oxygens (including phenoxy) is 1. The molecule has 0 bridgehead atoms. The number of anilines is 2. The van der Waals surface area contributed by atoms with Crippen molar-refractivity contribution in [3.8, 4) is 5.75 Å². The number of sulfonamides is 1. The lowest BCUT2D eigenvalue weighted by molar-refractivity contribution is -0.116. The van der Waals surface area contributed by atoms with Crippen molar-refractivity contribution in [1.82, 2.24) is 4.31 Å². The maximum atomic E-state index is 13.2. The first-order valence-corrected chi connectivity index (χ1v) is 11.3. The monoisotopic (exact) mass is 415 g/mol. The second kappa shape index (κ2) is 7.68. The van der Waals surface area contributed by atoms with Gasteiger partial charge in [-0.1, -0.05) is 12.1 Å². The number of nitrogens with zero attached hydrogens (tertiary/aromatic N) is 2. The van der Waals surface area contributed by atoms with E-state index in [0.717, 1.165) is 17.0 Å². The van der Waals surface area contributed by atoms with Crippen LogP contribution in [0.5, 0.6) is 5.75 Å². The Morgan fingerprint density at radius 3 is 2.55 bits per heavy atom. The van der Waals surface area contributed by atoms with E-state index in [0.29, 0.717) is 38.5 Å². The van der Waals surface area contributed by atoms with Crippen LogP contribution in [0.2, 0.25) is 0 Å². The molecule has 0 spiro atoms. The molecular weight excluding hydrogens is 390 g/mol. The standard InChI is InChI=1S/C21H25N3O4S/c1-3-28-20-7-5-4-6-19(20)23-10-12-24(13-11-23)29(26,27)16-8-9-18-17(14-16)15(2)21(25)22-18/h4-9,14-15H,3,10-13H2,1-2H3,(H,22,25)/t15-/m0/s1. The minimum absolute atomic E-state index is 0.101. The molecule has 2 aliphatic rings. The zero-order valence-electron chi connectivity index (χ0n) is 16.6. The van der Waals surface area contributed by atoms with Gasteiger partial charge in [0.05, 0.1) is 23.1 Å². The number of benzene rings is 2. The summed E-state index contributed by atoms with van der Waals surface area (Å²) >= 11 is 0. The third-order valence-electron chi connectivity index (χ3n) is 5.52. The lowest BCUT2D eigenvalue weighted by Gasteiger charge is -2.36. The number of carbonyl (C=O) groups is 1. The molecule has 1 amide bonds. The summed E-state index contributed by atoms with van der Waals surface area (Å²) in [6.45, 7) is 6.28. The molecule has 1 atom stereocenters. The number of fused-ring (bicyclic) bond motifs is 1. The smallest absolute Gasteiger partial charge is 0.243 e. The van der Waals surface area contributed by atoms with E-state index in [1.54, 1.807) is 25.1 Å². The number of para-hydroxylation sites is 2. The average Bonchev–Trinajstić information content (AvgIpc) is 3.02. The van der Waals surface area contributed by atoms with Crippen molar-refractivity contribution in [3.05, 3.63) is 48.0 Å². The number of hydrogen-bond acceptors (Lipinski definition) is 5. The minimum Gasteiger partial charge on any atom is -0.492 e. The van der Waals surface area contributed by atoms with E-state index in [1.165, 1.54) is 4.31 Å². The molecule has 2 aliphatic heterocycles. The minimum atomic E-state index is -3.61. The molecule has 0 unspecified atom stereocenters. The van der Waals surface area contributed by atoms with Crippen LogP contribution in [0.25, 0.3) is 0 Å². The van der Waals surface area contributed by atoms with E-state index < -0.39 is 10.0 Å². The Hall–Kier alpha value is -2.58. The van der Waals surface area contributed by atoms with E-state index in [9.17, 15) is 13.2 Å². The molecule has 4 rings (SSSR count). The van der Waals surface area contributed by atoms with Crippen LogP contribution in [0.4, 0.5) is 11.4 Å². The van der Waals surface area contributed by atoms with Gasteiger partial charge >= 0.3 is 0 Å². The molecule has 1 N–H and O–H groups in total. The van der Waals surface area contributed by atoms with Crippen molar-refractivity contribution < 1.29 is 17.9 Å². The number of nitrogens with one attached hydrogen (secondary N) is 1. The molecule has 2 aromatic carbocycles. The maximum Gasteiger partial charge on any atom is 0.243 e. The van der Waals surface area contributed by atoms with Crippen LogP contribution in [0, 0.1) is 0 Å². The van der Waals surface area contributed by atoms with E-state index in [4.69, 9.17) is 4.74 Å². The first-order valence-electron chi connectivity index (χ1n) is 9.83. The normalized spacial score (nSPS) is 19.7. The van der Waals surface area contributed by atoms with Gasteiger partial charge in [-0.2, -0.15) is 4.31 Å². The van der Waals surface area contributed by atoms with Gasteiger partial charge in [0.25, 0.3) is 0 Å². The third kappa shape index (κ3) is 3.58. The lowest BCUT2D eigenvalue weighted by Crippen LogP contribution is -2.48. The Balaban J connectivity index is 1.51. The highest BCUT2D eigenvalue weighted by molar-refractivity contribution is 7.89. The van der Waals surface area contributed by atoms with Gasteiger partial charge in [0.15, 0.2) is 0 Å². The first kappa shape index (κ1) is 19.7. The number of carbonyl (C=O) groups excluding carboxylic acids is 1. The fourth-order valence-corrected chi connectivity index (χ4v) is 5.33. The Morgan fingerprint density at radius 1 is 1.10 bits per heavy atom. The van der Waals surface area contributed by atoms with Crippen molar-refractivity contribution in [2.45, 2.75) is 24.7 Å². The number of hydrogen-bond donors (Lipinski definition) is 1. The molecular formula is C21H25N3O4S. The van der Waals surface area contributed by atoms with Gasteiger partial charge in [0.2, 0.25) is 15.9 Å². The molecule has 0 radical (unpaired) electrons. The van der Waals surface area contributed by atoms with Gasteiger partial charge in [-0.25, -0.2) is 8.42 Å². The summed E-state index contributed by atoms with van der Waals surface area (Å²) < 4.78 is 33.6. The van der Waals surface area contributed by atoms with Crippen molar-refractivity contribution in [3.63, 3.8) is 0 Å². The SMILES string of the molecule is CCOc1ccccc1N1CCN(S(=O)(=O)c2ccc3c(c2)[C@H](C)C(=O)N3)CC1. The van der Waals surface area contributed by atoms with Crippen molar-refractivity contribution in [2.24, 2.45) is 0 Å². The van der Waals surface area contributed by atoms with Crippen molar-refractivity contribution in [1.29, 1.82) is 0 Å². The summed E-state index contributed by atoms with van der Waals surface area (Å²) in [5.41, 5.74) is 2.42. The molecule has 8 heteroatoms. The Labute approximate surface area is 171 Å². The molecule has 2 aromatic rings. The molecule has 154 valence electrons. The maximum absolute atomic E-state index is 13.2. The van der Waals surface area contributed by atoms with Gasteiger partial charge in [-0.15, -0.1) is 0 Å². The van der Waals surface area contributed by atoms with Gasteiger partial charge in [0, 0.05) is 31.9 Å². The predicted molar refractivity (Wildman–Crippen MR) is 112 cm³/mol. The number of piperazine rings is 1. The van der Waals surface area contributed by atoms with Crippen molar-refractivity contribution >= 4 is 27.3 Å². The predicted octanol–water partition coefficient (Wildman–Crippen LogP) is 2.65.